The second-order valence-electron chi connectivity index (χ2n) is 4.79. The largest absolute Gasteiger partial charge is 0.366 e. The monoisotopic (exact) mass is 357 g/mol. The van der Waals surface area contributed by atoms with Crippen LogP contribution in [-0.2, 0) is 4.79 Å². The van der Waals surface area contributed by atoms with Gasteiger partial charge in [0.05, 0.1) is 11.3 Å². The van der Waals surface area contributed by atoms with Gasteiger partial charge in [0.1, 0.15) is 0 Å². The maximum Gasteiger partial charge on any atom is 0.257 e. The number of carbonyl (C=O) groups excluding carboxylic acids is 2. The van der Waals surface area contributed by atoms with Gasteiger partial charge < -0.3 is 16.4 Å². The normalized spacial score (nSPS) is 14.6. The van der Waals surface area contributed by atoms with Crippen molar-refractivity contribution in [1.82, 2.24) is 0 Å². The first-order chi connectivity index (χ1) is 10.5. The lowest BCUT2D eigenvalue weighted by atomic mass is 10.1. The Balaban J connectivity index is 1.84. The van der Waals surface area contributed by atoms with E-state index in [4.69, 9.17) is 5.73 Å². The van der Waals surface area contributed by atoms with Crippen molar-refractivity contribution >= 4 is 44.7 Å². The number of benzene rings is 2. The smallest absolute Gasteiger partial charge is 0.257 e. The summed E-state index contributed by atoms with van der Waals surface area (Å²) in [6, 6.07) is 12.3. The molecule has 0 atom stereocenters. The fraction of sp³-hybridized carbons (Fsp3) is 0. The van der Waals surface area contributed by atoms with Crippen LogP contribution in [0.1, 0.15) is 15.9 Å². The zero-order chi connectivity index (χ0) is 15.7. The highest BCUT2D eigenvalue weighted by atomic mass is 79.9. The number of primary amides is 1. The van der Waals surface area contributed by atoms with Gasteiger partial charge in [-0.2, -0.15) is 0 Å². The van der Waals surface area contributed by atoms with Crippen LogP contribution in [0.15, 0.2) is 53.1 Å². The highest BCUT2D eigenvalue weighted by molar-refractivity contribution is 9.10. The molecule has 1 heterocycles. The van der Waals surface area contributed by atoms with Crippen molar-refractivity contribution in [3.63, 3.8) is 0 Å². The zero-order valence-electron chi connectivity index (χ0n) is 11.4. The maximum absolute atomic E-state index is 12.0. The molecule has 0 radical (unpaired) electrons. The molecule has 6 heteroatoms. The van der Waals surface area contributed by atoms with Gasteiger partial charge in [-0.05, 0) is 36.4 Å². The molecule has 4 N–H and O–H groups in total. The van der Waals surface area contributed by atoms with Crippen molar-refractivity contribution in [2.24, 2.45) is 5.73 Å². The number of nitrogens with one attached hydrogen (secondary N) is 2. The van der Waals surface area contributed by atoms with Gasteiger partial charge >= 0.3 is 0 Å². The highest BCUT2D eigenvalue weighted by Crippen LogP contribution is 2.33. The first-order valence-corrected chi connectivity index (χ1v) is 7.32. The van der Waals surface area contributed by atoms with Crippen LogP contribution < -0.4 is 16.4 Å². The Morgan fingerprint density at radius 2 is 1.91 bits per heavy atom. The molecule has 1 aliphatic heterocycles. The van der Waals surface area contributed by atoms with E-state index in [0.717, 1.165) is 21.4 Å². The predicted octanol–water partition coefficient (Wildman–Crippen LogP) is 2.95. The van der Waals surface area contributed by atoms with E-state index in [1.807, 2.05) is 18.2 Å². The number of rotatable bonds is 3. The molecule has 0 aromatic heterocycles. The van der Waals surface area contributed by atoms with Crippen molar-refractivity contribution in [2.75, 3.05) is 10.6 Å². The SMILES string of the molecule is NC(=O)c1ccc(NC=C2C(=O)Nc3cc(Br)ccc32)cc1. The number of hydrogen-bond donors (Lipinski definition) is 3. The van der Waals surface area contributed by atoms with Crippen LogP contribution in [0.3, 0.4) is 0 Å². The average molecular weight is 358 g/mol. The molecule has 5 nitrogen and oxygen atoms in total. The number of halogens is 1. The molecule has 0 saturated carbocycles. The molecule has 1 aliphatic rings. The van der Waals surface area contributed by atoms with Crippen LogP contribution in [0.4, 0.5) is 11.4 Å². The Morgan fingerprint density at radius 1 is 1.18 bits per heavy atom. The first-order valence-electron chi connectivity index (χ1n) is 6.52. The molecule has 2 amide bonds. The summed E-state index contributed by atoms with van der Waals surface area (Å²) in [4.78, 5) is 23.0. The van der Waals surface area contributed by atoms with E-state index in [9.17, 15) is 9.59 Å². The lowest BCUT2D eigenvalue weighted by molar-refractivity contribution is -0.110. The second kappa shape index (κ2) is 5.65. The van der Waals surface area contributed by atoms with E-state index in [2.05, 4.69) is 26.6 Å². The Bertz CT molecular complexity index is 798. The van der Waals surface area contributed by atoms with Crippen LogP contribution in [0.5, 0.6) is 0 Å². The molecular formula is C16H12BrN3O2. The second-order valence-corrected chi connectivity index (χ2v) is 5.70. The topological polar surface area (TPSA) is 84.2 Å². The van der Waals surface area contributed by atoms with Crippen molar-refractivity contribution in [3.05, 3.63) is 64.3 Å². The number of amides is 2. The van der Waals surface area contributed by atoms with Crippen LogP contribution in [-0.4, -0.2) is 11.8 Å². The third-order valence-electron chi connectivity index (χ3n) is 3.32. The van der Waals surface area contributed by atoms with Gasteiger partial charge in [-0.1, -0.05) is 22.0 Å². The van der Waals surface area contributed by atoms with Crippen molar-refractivity contribution in [3.8, 4) is 0 Å². The van der Waals surface area contributed by atoms with Gasteiger partial charge in [-0.25, -0.2) is 0 Å². The summed E-state index contributed by atoms with van der Waals surface area (Å²) in [5.41, 5.74) is 8.56. The first kappa shape index (κ1) is 14.3. The Labute approximate surface area is 135 Å². The molecule has 0 aliphatic carbocycles. The molecule has 2 aromatic rings. The number of hydrogen-bond acceptors (Lipinski definition) is 3. The molecule has 2 aromatic carbocycles. The van der Waals surface area contributed by atoms with Crippen LogP contribution >= 0.6 is 15.9 Å². The highest BCUT2D eigenvalue weighted by Gasteiger charge is 2.23. The Morgan fingerprint density at radius 3 is 2.59 bits per heavy atom. The molecule has 0 unspecified atom stereocenters. The van der Waals surface area contributed by atoms with E-state index >= 15 is 0 Å². The average Bonchev–Trinajstić information content (AvgIpc) is 2.80. The van der Waals surface area contributed by atoms with E-state index in [0.29, 0.717) is 11.1 Å². The summed E-state index contributed by atoms with van der Waals surface area (Å²) in [6.45, 7) is 0. The quantitative estimate of drug-likeness (QED) is 0.738. The summed E-state index contributed by atoms with van der Waals surface area (Å²) in [5.74, 6) is -0.631. The van der Waals surface area contributed by atoms with Crippen molar-refractivity contribution in [2.45, 2.75) is 0 Å². The lowest BCUT2D eigenvalue weighted by Crippen LogP contribution is -2.10. The van der Waals surface area contributed by atoms with Gasteiger partial charge in [-0.15, -0.1) is 0 Å². The minimum absolute atomic E-state index is 0.158. The van der Waals surface area contributed by atoms with E-state index < -0.39 is 5.91 Å². The summed E-state index contributed by atoms with van der Waals surface area (Å²) in [6.07, 6.45) is 1.65. The van der Waals surface area contributed by atoms with E-state index in [-0.39, 0.29) is 5.91 Å². The van der Waals surface area contributed by atoms with Gasteiger partial charge in [0.2, 0.25) is 5.91 Å². The standard InChI is InChI=1S/C16H12BrN3O2/c17-10-3-6-12-13(16(22)20-14(12)7-10)8-19-11-4-1-9(2-5-11)15(18)21/h1-8,19H,(H2,18,21)(H,20,22). The van der Waals surface area contributed by atoms with Crippen molar-refractivity contribution in [1.29, 1.82) is 0 Å². The third-order valence-corrected chi connectivity index (χ3v) is 3.81. The summed E-state index contributed by atoms with van der Waals surface area (Å²) >= 11 is 3.37. The van der Waals surface area contributed by atoms with E-state index in [1.165, 1.54) is 0 Å². The van der Waals surface area contributed by atoms with Crippen LogP contribution in [0.2, 0.25) is 0 Å². The molecule has 3 rings (SSSR count). The predicted molar refractivity (Wildman–Crippen MR) is 89.3 cm³/mol. The summed E-state index contributed by atoms with van der Waals surface area (Å²) in [5, 5.41) is 5.86. The number of anilines is 2. The fourth-order valence-corrected chi connectivity index (χ4v) is 2.56. The summed E-state index contributed by atoms with van der Waals surface area (Å²) < 4.78 is 0.905. The minimum atomic E-state index is -0.473. The van der Waals surface area contributed by atoms with Gasteiger partial charge in [0, 0.05) is 27.5 Å². The Kier molecular flexibility index (Phi) is 3.68. The minimum Gasteiger partial charge on any atom is -0.366 e. The van der Waals surface area contributed by atoms with Crippen molar-refractivity contribution < 1.29 is 9.59 Å². The lowest BCUT2D eigenvalue weighted by Gasteiger charge is -2.03. The summed E-state index contributed by atoms with van der Waals surface area (Å²) in [7, 11) is 0. The molecule has 0 spiro atoms. The molecule has 0 fully saturated rings. The third kappa shape index (κ3) is 2.73. The molecular weight excluding hydrogens is 346 g/mol. The number of nitrogens with two attached hydrogens (primary N) is 1. The maximum atomic E-state index is 12.0. The Hall–Kier alpha value is -2.60. The van der Waals surface area contributed by atoms with Gasteiger partial charge in [-0.3, -0.25) is 9.59 Å². The molecule has 0 saturated heterocycles. The molecule has 22 heavy (non-hydrogen) atoms. The zero-order valence-corrected chi connectivity index (χ0v) is 13.0. The van der Waals surface area contributed by atoms with E-state index in [1.54, 1.807) is 30.5 Å². The van der Waals surface area contributed by atoms with Crippen LogP contribution in [0.25, 0.3) is 5.57 Å². The van der Waals surface area contributed by atoms with Crippen LogP contribution in [0, 0.1) is 0 Å². The number of carbonyl (C=O) groups is 2. The molecule has 0 bridgehead atoms. The van der Waals surface area contributed by atoms with Gasteiger partial charge in [0.15, 0.2) is 0 Å². The fourth-order valence-electron chi connectivity index (χ4n) is 2.20. The van der Waals surface area contributed by atoms with Gasteiger partial charge in [0.25, 0.3) is 5.91 Å². The molecule has 110 valence electrons. The number of fused-ring (bicyclic) bond motifs is 1.